The van der Waals surface area contributed by atoms with Crippen LogP contribution in [0.3, 0.4) is 0 Å². The van der Waals surface area contributed by atoms with Crippen molar-refractivity contribution >= 4 is 28.1 Å². The Labute approximate surface area is 180 Å². The first-order chi connectivity index (χ1) is 14.8. The van der Waals surface area contributed by atoms with Crippen LogP contribution >= 0.6 is 11.3 Å². The summed E-state index contributed by atoms with van der Waals surface area (Å²) in [5.74, 6) is 1.24. The molecule has 3 aromatic heterocycles. The molecule has 1 amide bonds. The number of thiophene rings is 1. The normalized spacial score (nSPS) is 17.0. The summed E-state index contributed by atoms with van der Waals surface area (Å²) in [5.41, 5.74) is 2.77. The van der Waals surface area contributed by atoms with E-state index in [1.165, 1.54) is 35.1 Å². The molecule has 7 heteroatoms. The smallest absolute Gasteiger partial charge is 0.291 e. The van der Waals surface area contributed by atoms with Crippen LogP contribution in [-0.2, 0) is 19.4 Å². The van der Waals surface area contributed by atoms with Crippen molar-refractivity contribution in [2.24, 2.45) is 0 Å². The van der Waals surface area contributed by atoms with E-state index < -0.39 is 0 Å². The van der Waals surface area contributed by atoms with Crippen molar-refractivity contribution in [3.05, 3.63) is 64.6 Å². The number of amides is 1. The third-order valence-electron chi connectivity index (χ3n) is 5.98. The van der Waals surface area contributed by atoms with Gasteiger partial charge in [-0.15, -0.1) is 11.3 Å². The summed E-state index contributed by atoms with van der Waals surface area (Å²) in [7, 11) is 0. The van der Waals surface area contributed by atoms with Crippen LogP contribution in [0.2, 0.25) is 0 Å². The molecule has 0 aromatic carbocycles. The molecule has 1 N–H and O–H groups in total. The second-order valence-corrected chi connectivity index (χ2v) is 9.01. The van der Waals surface area contributed by atoms with Gasteiger partial charge in [0.1, 0.15) is 10.8 Å². The second-order valence-electron chi connectivity index (χ2n) is 7.90. The number of hydrogen-bond acceptors (Lipinski definition) is 6. The van der Waals surface area contributed by atoms with Crippen molar-refractivity contribution < 1.29 is 9.21 Å². The molecule has 4 heterocycles. The van der Waals surface area contributed by atoms with E-state index in [1.807, 2.05) is 18.3 Å². The lowest BCUT2D eigenvalue weighted by Gasteiger charge is -2.35. The number of carbonyl (C=O) groups is 1. The highest BCUT2D eigenvalue weighted by molar-refractivity contribution is 7.16. The number of nitrogens with zero attached hydrogens (tertiary/aromatic N) is 3. The first kappa shape index (κ1) is 19.3. The molecule has 0 unspecified atom stereocenters. The molecule has 30 heavy (non-hydrogen) atoms. The molecular formula is C23H26N4O2S. The van der Waals surface area contributed by atoms with E-state index in [-0.39, 0.29) is 5.91 Å². The fraction of sp³-hybridized carbons (Fsp3) is 0.391. The van der Waals surface area contributed by atoms with Crippen LogP contribution in [0.5, 0.6) is 0 Å². The standard InChI is InChI=1S/C23H26N4O2S/c28-22(19-7-5-15-29-19)25-23-18(17-6-1-2-8-20(17)30-23)16-26-11-13-27(14-12-26)21-9-3-4-10-24-21/h3-5,7,9-10,15H,1-2,6,8,11-14,16H2,(H,25,28). The number of aryl methyl sites for hydroxylation is 1. The molecule has 5 rings (SSSR count). The minimum absolute atomic E-state index is 0.167. The zero-order valence-corrected chi connectivity index (χ0v) is 17.8. The van der Waals surface area contributed by atoms with E-state index in [0.717, 1.165) is 56.4 Å². The van der Waals surface area contributed by atoms with E-state index >= 15 is 0 Å². The average Bonchev–Trinajstić information content (AvgIpc) is 3.44. The number of piperazine rings is 1. The Morgan fingerprint density at radius 3 is 2.73 bits per heavy atom. The second kappa shape index (κ2) is 8.62. The number of anilines is 2. The quantitative estimate of drug-likeness (QED) is 0.668. The van der Waals surface area contributed by atoms with Gasteiger partial charge in [-0.1, -0.05) is 6.07 Å². The van der Waals surface area contributed by atoms with E-state index in [0.29, 0.717) is 5.76 Å². The molecule has 1 fully saturated rings. The highest BCUT2D eigenvalue weighted by atomic mass is 32.1. The average molecular weight is 423 g/mol. The van der Waals surface area contributed by atoms with E-state index in [4.69, 9.17) is 4.42 Å². The Morgan fingerprint density at radius 2 is 1.97 bits per heavy atom. The lowest BCUT2D eigenvalue weighted by molar-refractivity contribution is 0.0997. The van der Waals surface area contributed by atoms with E-state index in [9.17, 15) is 4.79 Å². The summed E-state index contributed by atoms with van der Waals surface area (Å²) in [4.78, 5) is 23.4. The Morgan fingerprint density at radius 1 is 1.10 bits per heavy atom. The molecule has 6 nitrogen and oxygen atoms in total. The van der Waals surface area contributed by atoms with Crippen LogP contribution < -0.4 is 10.2 Å². The molecule has 0 radical (unpaired) electrons. The molecule has 1 aliphatic carbocycles. The van der Waals surface area contributed by atoms with Crippen molar-refractivity contribution in [2.75, 3.05) is 36.4 Å². The number of rotatable bonds is 5. The van der Waals surface area contributed by atoms with Crippen molar-refractivity contribution in [3.8, 4) is 0 Å². The van der Waals surface area contributed by atoms with Crippen molar-refractivity contribution in [1.29, 1.82) is 0 Å². The van der Waals surface area contributed by atoms with Gasteiger partial charge in [-0.2, -0.15) is 0 Å². The number of aromatic nitrogens is 1. The SMILES string of the molecule is O=C(Nc1sc2c(c1CN1CCN(c3ccccn3)CC1)CCCC2)c1ccco1. The van der Waals surface area contributed by atoms with Gasteiger partial charge >= 0.3 is 0 Å². The molecule has 3 aromatic rings. The summed E-state index contributed by atoms with van der Waals surface area (Å²) in [6, 6.07) is 9.53. The van der Waals surface area contributed by atoms with Gasteiger partial charge < -0.3 is 14.6 Å². The van der Waals surface area contributed by atoms with Crippen LogP contribution in [0.4, 0.5) is 10.8 Å². The topological polar surface area (TPSA) is 61.6 Å². The molecular weight excluding hydrogens is 396 g/mol. The number of hydrogen-bond donors (Lipinski definition) is 1. The maximum Gasteiger partial charge on any atom is 0.291 e. The number of furan rings is 1. The van der Waals surface area contributed by atoms with Crippen LogP contribution in [-0.4, -0.2) is 42.0 Å². The molecule has 1 saturated heterocycles. The minimum Gasteiger partial charge on any atom is -0.459 e. The monoisotopic (exact) mass is 422 g/mol. The predicted octanol–water partition coefficient (Wildman–Crippen LogP) is 4.19. The van der Waals surface area contributed by atoms with Gasteiger partial charge in [0.05, 0.1) is 6.26 Å². The van der Waals surface area contributed by atoms with Gasteiger partial charge in [0.15, 0.2) is 5.76 Å². The Bertz CT molecular complexity index is 992. The van der Waals surface area contributed by atoms with E-state index in [2.05, 4.69) is 26.2 Å². The molecule has 2 aliphatic rings. The zero-order valence-electron chi connectivity index (χ0n) is 17.0. The van der Waals surface area contributed by atoms with Crippen LogP contribution in [0.15, 0.2) is 47.2 Å². The van der Waals surface area contributed by atoms with Gasteiger partial charge in [0.25, 0.3) is 5.91 Å². The van der Waals surface area contributed by atoms with Gasteiger partial charge in [0, 0.05) is 49.4 Å². The Balaban J connectivity index is 1.31. The summed E-state index contributed by atoms with van der Waals surface area (Å²) in [5, 5.41) is 4.13. The maximum absolute atomic E-state index is 12.6. The fourth-order valence-electron chi connectivity index (χ4n) is 4.37. The van der Waals surface area contributed by atoms with E-state index in [1.54, 1.807) is 23.5 Å². The first-order valence-electron chi connectivity index (χ1n) is 10.6. The van der Waals surface area contributed by atoms with Crippen molar-refractivity contribution in [3.63, 3.8) is 0 Å². The minimum atomic E-state index is -0.167. The first-order valence-corrected chi connectivity index (χ1v) is 11.5. The lowest BCUT2D eigenvalue weighted by atomic mass is 9.95. The number of fused-ring (bicyclic) bond motifs is 1. The fourth-order valence-corrected chi connectivity index (χ4v) is 5.67. The highest BCUT2D eigenvalue weighted by Gasteiger charge is 2.26. The number of pyridine rings is 1. The third kappa shape index (κ3) is 4.00. The molecule has 0 saturated carbocycles. The number of carbonyl (C=O) groups excluding carboxylic acids is 1. The van der Waals surface area contributed by atoms with Gasteiger partial charge in [0.2, 0.25) is 0 Å². The number of nitrogens with one attached hydrogen (secondary N) is 1. The van der Waals surface area contributed by atoms with Crippen LogP contribution in [0, 0.1) is 0 Å². The largest absolute Gasteiger partial charge is 0.459 e. The van der Waals surface area contributed by atoms with Crippen molar-refractivity contribution in [2.45, 2.75) is 32.2 Å². The van der Waals surface area contributed by atoms with Gasteiger partial charge in [-0.05, 0) is 55.5 Å². The van der Waals surface area contributed by atoms with Crippen LogP contribution in [0.1, 0.15) is 39.4 Å². The van der Waals surface area contributed by atoms with Crippen LogP contribution in [0.25, 0.3) is 0 Å². The van der Waals surface area contributed by atoms with Gasteiger partial charge in [-0.3, -0.25) is 9.69 Å². The molecule has 0 bridgehead atoms. The third-order valence-corrected chi connectivity index (χ3v) is 7.23. The zero-order chi connectivity index (χ0) is 20.3. The summed E-state index contributed by atoms with van der Waals surface area (Å²) in [6.07, 6.45) is 8.10. The predicted molar refractivity (Wildman–Crippen MR) is 119 cm³/mol. The molecule has 0 spiro atoms. The Hall–Kier alpha value is -2.64. The van der Waals surface area contributed by atoms with Gasteiger partial charge in [-0.25, -0.2) is 4.98 Å². The summed E-state index contributed by atoms with van der Waals surface area (Å²) in [6.45, 7) is 4.81. The molecule has 156 valence electrons. The Kier molecular flexibility index (Phi) is 5.55. The summed E-state index contributed by atoms with van der Waals surface area (Å²) >= 11 is 1.75. The molecule has 0 atom stereocenters. The maximum atomic E-state index is 12.6. The lowest BCUT2D eigenvalue weighted by Crippen LogP contribution is -2.46. The molecule has 1 aliphatic heterocycles. The highest BCUT2D eigenvalue weighted by Crippen LogP contribution is 2.39. The summed E-state index contributed by atoms with van der Waals surface area (Å²) < 4.78 is 5.28. The van der Waals surface area contributed by atoms with Crippen molar-refractivity contribution in [1.82, 2.24) is 9.88 Å².